The van der Waals surface area contributed by atoms with Gasteiger partial charge in [0.05, 0.1) is 12.0 Å². The molecule has 0 aromatic heterocycles. The Kier molecular flexibility index (Phi) is 7.53. The topological polar surface area (TPSA) is 54.4 Å². The molecule has 0 unspecified atom stereocenters. The molecule has 3 aromatic carbocycles. The molecule has 0 heterocycles. The summed E-state index contributed by atoms with van der Waals surface area (Å²) in [5, 5.41) is 8.92. The van der Waals surface area contributed by atoms with E-state index in [1.807, 2.05) is 54.6 Å². The molecule has 0 radical (unpaired) electrons. The van der Waals surface area contributed by atoms with E-state index in [-0.39, 0.29) is 18.2 Å². The highest BCUT2D eigenvalue weighted by Gasteiger charge is 2.37. The number of hydrogen-bond acceptors (Lipinski definition) is 5. The van der Waals surface area contributed by atoms with Gasteiger partial charge in [0.15, 0.2) is 11.6 Å². The highest BCUT2D eigenvalue weighted by molar-refractivity contribution is 7.99. The van der Waals surface area contributed by atoms with Crippen molar-refractivity contribution in [3.05, 3.63) is 90.0 Å². The van der Waals surface area contributed by atoms with Crippen LogP contribution in [0.1, 0.15) is 34.6 Å². The maximum atomic E-state index is 13.1. The molecule has 1 N–H and O–H groups in total. The second-order valence-electron chi connectivity index (χ2n) is 7.32. The zero-order valence-electron chi connectivity index (χ0n) is 17.0. The molecular weight excluding hydrogens is 412 g/mol. The molecular formula is C25H24O3S2. The summed E-state index contributed by atoms with van der Waals surface area (Å²) in [5.74, 6) is 0.215. The zero-order valence-corrected chi connectivity index (χ0v) is 18.6. The van der Waals surface area contributed by atoms with Crippen LogP contribution in [0.2, 0.25) is 0 Å². The van der Waals surface area contributed by atoms with Gasteiger partial charge < -0.3 is 5.11 Å². The van der Waals surface area contributed by atoms with Crippen molar-refractivity contribution in [3.8, 4) is 0 Å². The van der Waals surface area contributed by atoms with Crippen LogP contribution in [0.3, 0.4) is 0 Å². The van der Waals surface area contributed by atoms with Gasteiger partial charge in [-0.1, -0.05) is 54.2 Å². The van der Waals surface area contributed by atoms with Crippen LogP contribution < -0.4 is 0 Å². The summed E-state index contributed by atoms with van der Waals surface area (Å²) in [4.78, 5) is 29.3. The molecule has 0 aliphatic carbocycles. The van der Waals surface area contributed by atoms with Crippen molar-refractivity contribution in [2.45, 2.75) is 28.5 Å². The van der Waals surface area contributed by atoms with E-state index in [9.17, 15) is 9.59 Å². The SMILES string of the molecule is CC(C)(C(=O)c1ccc(SCCO)cc1)C(=O)c1ccc(Sc2ccccc2)cc1. The van der Waals surface area contributed by atoms with E-state index < -0.39 is 5.41 Å². The fourth-order valence-corrected chi connectivity index (χ4v) is 4.48. The Balaban J connectivity index is 1.71. The number of thioether (sulfide) groups is 1. The molecule has 0 amide bonds. The zero-order chi connectivity index (χ0) is 21.6. The van der Waals surface area contributed by atoms with Gasteiger partial charge >= 0.3 is 0 Å². The standard InChI is InChI=1S/C25H24O3S2/c1-25(2,23(27)18-8-12-20(13-9-18)29-17-16-26)24(28)19-10-14-22(15-11-19)30-21-6-4-3-5-7-21/h3-15,26H,16-17H2,1-2H3. The number of aliphatic hydroxyl groups is 1. The van der Waals surface area contributed by atoms with Gasteiger partial charge in [0, 0.05) is 31.6 Å². The second kappa shape index (κ2) is 10.1. The Labute approximate surface area is 185 Å². The molecule has 5 heteroatoms. The van der Waals surface area contributed by atoms with Gasteiger partial charge in [-0.3, -0.25) is 9.59 Å². The molecule has 0 saturated heterocycles. The minimum absolute atomic E-state index is 0.107. The van der Waals surface area contributed by atoms with E-state index in [1.54, 1.807) is 49.9 Å². The first kappa shape index (κ1) is 22.3. The molecule has 3 aromatic rings. The molecule has 0 atom stereocenters. The van der Waals surface area contributed by atoms with Gasteiger partial charge in [-0.15, -0.1) is 11.8 Å². The fourth-order valence-electron chi connectivity index (χ4n) is 2.99. The van der Waals surface area contributed by atoms with Gasteiger partial charge in [0.25, 0.3) is 0 Å². The molecule has 0 aliphatic heterocycles. The van der Waals surface area contributed by atoms with Crippen LogP contribution >= 0.6 is 23.5 Å². The van der Waals surface area contributed by atoms with Crippen molar-refractivity contribution in [2.24, 2.45) is 5.41 Å². The number of hydrogen-bond donors (Lipinski definition) is 1. The van der Waals surface area contributed by atoms with Gasteiger partial charge in [0.2, 0.25) is 0 Å². The lowest BCUT2D eigenvalue weighted by Gasteiger charge is -2.22. The van der Waals surface area contributed by atoms with Crippen LogP contribution in [-0.4, -0.2) is 29.0 Å². The fraction of sp³-hybridized carbons (Fsp3) is 0.200. The quantitative estimate of drug-likeness (QED) is 0.253. The van der Waals surface area contributed by atoms with E-state index in [0.29, 0.717) is 16.9 Å². The van der Waals surface area contributed by atoms with E-state index in [1.165, 1.54) is 11.8 Å². The number of ketones is 2. The third-order valence-corrected chi connectivity index (χ3v) is 6.72. The van der Waals surface area contributed by atoms with Crippen LogP contribution in [0.5, 0.6) is 0 Å². The number of Topliss-reactive ketones (excluding diaryl/α,β-unsaturated/α-hetero) is 2. The lowest BCUT2D eigenvalue weighted by Crippen LogP contribution is -2.33. The summed E-state index contributed by atoms with van der Waals surface area (Å²) in [5.41, 5.74) is -0.118. The van der Waals surface area contributed by atoms with E-state index >= 15 is 0 Å². The van der Waals surface area contributed by atoms with Crippen molar-refractivity contribution in [3.63, 3.8) is 0 Å². The highest BCUT2D eigenvalue weighted by atomic mass is 32.2. The summed E-state index contributed by atoms with van der Waals surface area (Å²) in [6.07, 6.45) is 0. The van der Waals surface area contributed by atoms with Gasteiger partial charge in [-0.05, 0) is 50.2 Å². The first-order valence-corrected chi connectivity index (χ1v) is 11.5. The lowest BCUT2D eigenvalue weighted by atomic mass is 9.78. The van der Waals surface area contributed by atoms with Crippen LogP contribution in [0, 0.1) is 5.41 Å². The highest BCUT2D eigenvalue weighted by Crippen LogP contribution is 2.31. The van der Waals surface area contributed by atoms with Gasteiger partial charge in [0.1, 0.15) is 0 Å². The Hall–Kier alpha value is -2.34. The molecule has 0 bridgehead atoms. The molecule has 0 saturated carbocycles. The molecule has 3 nitrogen and oxygen atoms in total. The molecule has 3 rings (SSSR count). The number of benzene rings is 3. The summed E-state index contributed by atoms with van der Waals surface area (Å²) < 4.78 is 0. The monoisotopic (exact) mass is 436 g/mol. The van der Waals surface area contributed by atoms with Crippen molar-refractivity contribution in [2.75, 3.05) is 12.4 Å². The summed E-state index contributed by atoms with van der Waals surface area (Å²) in [7, 11) is 0. The summed E-state index contributed by atoms with van der Waals surface area (Å²) in [6, 6.07) is 24.6. The number of rotatable bonds is 9. The number of carbonyl (C=O) groups is 2. The van der Waals surface area contributed by atoms with Crippen molar-refractivity contribution >= 4 is 35.1 Å². The van der Waals surface area contributed by atoms with Crippen LogP contribution in [0.15, 0.2) is 93.5 Å². The largest absolute Gasteiger partial charge is 0.396 e. The number of carbonyl (C=O) groups excluding carboxylic acids is 2. The maximum Gasteiger partial charge on any atom is 0.176 e. The summed E-state index contributed by atoms with van der Waals surface area (Å²) in [6.45, 7) is 3.47. The van der Waals surface area contributed by atoms with Crippen LogP contribution in [-0.2, 0) is 0 Å². The Morgan fingerprint density at radius 3 is 1.70 bits per heavy atom. The average molecular weight is 437 g/mol. The summed E-state index contributed by atoms with van der Waals surface area (Å²) >= 11 is 3.15. The van der Waals surface area contributed by atoms with Crippen LogP contribution in [0.25, 0.3) is 0 Å². The second-order valence-corrected chi connectivity index (χ2v) is 9.63. The Bertz CT molecular complexity index is 995. The van der Waals surface area contributed by atoms with Crippen molar-refractivity contribution < 1.29 is 14.7 Å². The third-order valence-electron chi connectivity index (χ3n) is 4.71. The first-order chi connectivity index (χ1) is 14.4. The number of aliphatic hydroxyl groups excluding tert-OH is 1. The van der Waals surface area contributed by atoms with Gasteiger partial charge in [-0.25, -0.2) is 0 Å². The van der Waals surface area contributed by atoms with E-state index in [4.69, 9.17) is 5.11 Å². The molecule has 0 spiro atoms. The smallest absolute Gasteiger partial charge is 0.176 e. The average Bonchev–Trinajstić information content (AvgIpc) is 2.78. The predicted molar refractivity (Wildman–Crippen MR) is 124 cm³/mol. The van der Waals surface area contributed by atoms with Crippen molar-refractivity contribution in [1.82, 2.24) is 0 Å². The normalized spacial score (nSPS) is 11.3. The molecule has 0 aliphatic rings. The molecule has 30 heavy (non-hydrogen) atoms. The first-order valence-electron chi connectivity index (χ1n) is 9.68. The Morgan fingerprint density at radius 2 is 1.20 bits per heavy atom. The van der Waals surface area contributed by atoms with Crippen molar-refractivity contribution in [1.29, 1.82) is 0 Å². The predicted octanol–water partition coefficient (Wildman–Crippen LogP) is 6.01. The molecule has 0 fully saturated rings. The lowest BCUT2D eigenvalue weighted by molar-refractivity contribution is 0.0711. The maximum absolute atomic E-state index is 13.1. The minimum atomic E-state index is -1.16. The Morgan fingerprint density at radius 1 is 0.733 bits per heavy atom. The van der Waals surface area contributed by atoms with Gasteiger partial charge in [-0.2, -0.15) is 0 Å². The van der Waals surface area contributed by atoms with E-state index in [2.05, 4.69) is 0 Å². The third kappa shape index (κ3) is 5.42. The minimum Gasteiger partial charge on any atom is -0.396 e. The van der Waals surface area contributed by atoms with E-state index in [0.717, 1.165) is 14.7 Å². The van der Waals surface area contributed by atoms with Crippen LogP contribution in [0.4, 0.5) is 0 Å². The molecule has 154 valence electrons.